The van der Waals surface area contributed by atoms with Crippen LogP contribution in [0, 0.1) is 0 Å². The molecule has 0 saturated carbocycles. The van der Waals surface area contributed by atoms with Crippen molar-refractivity contribution in [1.29, 1.82) is 0 Å². The zero-order chi connectivity index (χ0) is 7.83. The van der Waals surface area contributed by atoms with E-state index in [9.17, 15) is 0 Å². The largest absolute Gasteiger partial charge is 0.654 e. The Balaban J connectivity index is 0. The van der Waals surface area contributed by atoms with Gasteiger partial charge in [0.2, 0.25) is 0 Å². The number of hydrogen-bond acceptors (Lipinski definition) is 7. The molecule has 9 nitrogen and oxygen atoms in total. The van der Waals surface area contributed by atoms with Gasteiger partial charge in [0.1, 0.15) is 0 Å². The first-order valence-corrected chi connectivity index (χ1v) is 6.55. The summed E-state index contributed by atoms with van der Waals surface area (Å²) < 4.78 is 12.3. The standard InChI is InChI=1S/Al.H4O7Si2.2H2O/c;1-8(2,3)7-9(4,5)6;;/h;1-2,4-5H;2*1H2/q+2;-2;;. The third-order valence-corrected chi connectivity index (χ3v) is 6.02. The third-order valence-electron chi connectivity index (χ3n) is 0.669. The van der Waals surface area contributed by atoms with Crippen molar-refractivity contribution in [3.8, 4) is 0 Å². The average Bonchev–Trinajstić information content (AvgIpc) is 1.56. The highest BCUT2D eigenvalue weighted by molar-refractivity contribution is 6.73. The van der Waals surface area contributed by atoms with Crippen LogP contribution >= 0.6 is 0 Å². The van der Waals surface area contributed by atoms with Gasteiger partial charge in [-0.3, -0.25) is 0 Å². The van der Waals surface area contributed by atoms with Gasteiger partial charge in [-0.15, -0.1) is 0 Å². The quantitative estimate of drug-likeness (QED) is 0.303. The summed E-state index contributed by atoms with van der Waals surface area (Å²) in [5, 5.41) is 0. The van der Waals surface area contributed by atoms with Gasteiger partial charge in [-0.2, -0.15) is 0 Å². The Kier molecular flexibility index (Phi) is 5.96. The maximum Gasteiger partial charge on any atom is 0.654 e. The van der Waals surface area contributed by atoms with Crippen molar-refractivity contribution < 1.29 is 41.2 Å². The molecule has 0 unspecified atom stereocenters. The van der Waals surface area contributed by atoms with E-state index in [-0.39, 0.29) is 11.0 Å². The predicted molar refractivity (Wildman–Crippen MR) is 36.6 cm³/mol. The highest BCUT2D eigenvalue weighted by atomic mass is 28.5. The fourth-order valence-electron chi connectivity index (χ4n) is 0.371. The number of hydrogen-bond donors (Lipinski definition) is 4. The lowest BCUT2D eigenvalue weighted by Crippen LogP contribution is -2.62. The Morgan fingerprint density at radius 2 is 1.17 bits per heavy atom. The monoisotopic (exact) mass is 235 g/mol. The van der Waals surface area contributed by atoms with Crippen molar-refractivity contribution in [3.63, 3.8) is 0 Å². The van der Waals surface area contributed by atoms with E-state index in [1.807, 2.05) is 0 Å². The summed E-state index contributed by atoms with van der Waals surface area (Å²) in [6.07, 6.45) is 0. The van der Waals surface area contributed by atoms with E-state index >= 15 is 0 Å². The van der Waals surface area contributed by atoms with Gasteiger partial charge >= 0.3 is 34.0 Å². The fourth-order valence-corrected chi connectivity index (χ4v) is 4.64. The molecule has 0 aliphatic carbocycles. The van der Waals surface area contributed by atoms with Gasteiger partial charge in [0.15, 0.2) is 0 Å². The van der Waals surface area contributed by atoms with Crippen LogP contribution in [0.3, 0.4) is 0 Å². The average molecular weight is 235 g/mol. The van der Waals surface area contributed by atoms with Crippen molar-refractivity contribution in [2.45, 2.75) is 0 Å². The molecule has 1 saturated heterocycles. The van der Waals surface area contributed by atoms with E-state index in [1.165, 1.54) is 0 Å². The smallest absolute Gasteiger partial charge is 0.464 e. The maximum absolute atomic E-state index is 8.62. The first-order chi connectivity index (χ1) is 4.41. The topological polar surface area (TPSA) is 172 Å². The van der Waals surface area contributed by atoms with Crippen LogP contribution in [-0.4, -0.2) is 64.1 Å². The van der Waals surface area contributed by atoms with Gasteiger partial charge in [0.05, 0.1) is 0 Å². The van der Waals surface area contributed by atoms with Gasteiger partial charge in [-0.1, -0.05) is 0 Å². The van der Waals surface area contributed by atoms with Crippen molar-refractivity contribution in [1.82, 2.24) is 0 Å². The summed E-state index contributed by atoms with van der Waals surface area (Å²) in [6, 6.07) is 0. The molecular weight excluding hydrogens is 227 g/mol. The van der Waals surface area contributed by atoms with Crippen LogP contribution in [0.25, 0.3) is 0 Å². The summed E-state index contributed by atoms with van der Waals surface area (Å²) in [6.45, 7) is 0. The molecule has 1 aliphatic rings. The summed E-state index contributed by atoms with van der Waals surface area (Å²) >= 11 is -1.25. The Bertz CT molecular complexity index is 118. The lowest BCUT2D eigenvalue weighted by atomic mass is 15.6. The minimum absolute atomic E-state index is 0. The van der Waals surface area contributed by atoms with Gasteiger partial charge in [0, 0.05) is 0 Å². The molecule has 0 bridgehead atoms. The summed E-state index contributed by atoms with van der Waals surface area (Å²) in [5.41, 5.74) is 0. The lowest BCUT2D eigenvalue weighted by molar-refractivity contribution is 0.0202. The van der Waals surface area contributed by atoms with Crippen molar-refractivity contribution >= 4 is 34.0 Å². The molecule has 0 atom stereocenters. The van der Waals surface area contributed by atoms with E-state index in [0.29, 0.717) is 0 Å². The van der Waals surface area contributed by atoms with Crippen LogP contribution < -0.4 is 0 Å². The highest BCUT2D eigenvalue weighted by Gasteiger charge is 2.54. The molecule has 0 amide bonds. The molecule has 1 rings (SSSR count). The van der Waals surface area contributed by atoms with Gasteiger partial charge in [-0.25, -0.2) is 0 Å². The van der Waals surface area contributed by atoms with E-state index < -0.39 is 34.0 Å². The predicted octanol–water partition coefficient (Wildman–Crippen LogP) is -5.22. The second kappa shape index (κ2) is 4.73. The number of rotatable bonds is 0. The van der Waals surface area contributed by atoms with Crippen LogP contribution in [0.15, 0.2) is 0 Å². The Hall–Kier alpha value is 0.606. The van der Waals surface area contributed by atoms with E-state index in [4.69, 9.17) is 19.2 Å². The van der Waals surface area contributed by atoms with E-state index in [0.717, 1.165) is 0 Å². The molecule has 12 heavy (non-hydrogen) atoms. The minimum Gasteiger partial charge on any atom is -0.464 e. The second-order valence-electron chi connectivity index (χ2n) is 1.53. The second-order valence-corrected chi connectivity index (χ2v) is 6.62. The molecule has 1 heterocycles. The lowest BCUT2D eigenvalue weighted by Gasteiger charge is -2.29. The summed E-state index contributed by atoms with van der Waals surface area (Å²) in [4.78, 5) is 34.5. The van der Waals surface area contributed by atoms with E-state index in [1.54, 1.807) is 0 Å². The first kappa shape index (κ1) is 15.1. The van der Waals surface area contributed by atoms with Gasteiger partial charge in [0.25, 0.3) is 0 Å². The molecule has 8 N–H and O–H groups in total. The van der Waals surface area contributed by atoms with Gasteiger partial charge in [-0.05, 0) is 0 Å². The highest BCUT2D eigenvalue weighted by Crippen LogP contribution is 2.11. The first-order valence-electron chi connectivity index (χ1n) is 2.18. The SMILES string of the molecule is O.O.O[Si]1(O)[O][Al][O][Si](O)(O)O1. The maximum atomic E-state index is 8.62. The van der Waals surface area contributed by atoms with Crippen molar-refractivity contribution in [2.75, 3.05) is 0 Å². The van der Waals surface area contributed by atoms with Crippen LogP contribution in [0.4, 0.5) is 0 Å². The normalized spacial score (nSPS) is 24.3. The molecule has 0 aromatic heterocycles. The Morgan fingerprint density at radius 1 is 0.833 bits per heavy atom. The molecule has 1 aliphatic heterocycles. The van der Waals surface area contributed by atoms with Gasteiger partial charge < -0.3 is 41.2 Å². The van der Waals surface area contributed by atoms with Crippen LogP contribution in [-0.2, 0) is 11.1 Å². The fraction of sp³-hybridized carbons (Fsp3) is 0. The Morgan fingerprint density at radius 3 is 1.33 bits per heavy atom. The Labute approximate surface area is 75.7 Å². The molecule has 12 heteroatoms. The van der Waals surface area contributed by atoms with Crippen molar-refractivity contribution in [3.05, 3.63) is 0 Å². The molecule has 1 fully saturated rings. The van der Waals surface area contributed by atoms with Crippen LogP contribution in [0.2, 0.25) is 0 Å². The molecule has 1 radical (unpaired) electrons. The van der Waals surface area contributed by atoms with E-state index in [2.05, 4.69) is 11.1 Å². The summed E-state index contributed by atoms with van der Waals surface area (Å²) in [5.74, 6) is 0. The zero-order valence-corrected chi connectivity index (χ0v) is 8.75. The molecule has 0 spiro atoms. The van der Waals surface area contributed by atoms with Crippen LogP contribution in [0.5, 0.6) is 0 Å². The minimum atomic E-state index is -4.25. The summed E-state index contributed by atoms with van der Waals surface area (Å²) in [7, 11) is -8.50. The molecule has 0 aromatic carbocycles. The van der Waals surface area contributed by atoms with Crippen molar-refractivity contribution in [2.24, 2.45) is 0 Å². The molecular formula is H8AlO9Si2. The molecule has 73 valence electrons. The molecule has 0 aromatic rings. The zero-order valence-electron chi connectivity index (χ0n) is 5.59. The third kappa shape index (κ3) is 4.59. The van der Waals surface area contributed by atoms with Crippen LogP contribution in [0.1, 0.15) is 0 Å².